The van der Waals surface area contributed by atoms with Gasteiger partial charge in [0.15, 0.2) is 11.5 Å². The molecule has 6 heteroatoms. The van der Waals surface area contributed by atoms with E-state index in [1.165, 1.54) is 6.33 Å². The Morgan fingerprint density at radius 1 is 1.57 bits per heavy atom. The molecule has 2 heterocycles. The first-order valence-electron chi connectivity index (χ1n) is 3.85. The fourth-order valence-electron chi connectivity index (χ4n) is 1.06. The molecule has 0 amide bonds. The van der Waals surface area contributed by atoms with Gasteiger partial charge in [0.1, 0.15) is 5.52 Å². The maximum atomic E-state index is 11.2. The number of hydrogen-bond acceptors (Lipinski definition) is 5. The predicted octanol–water partition coefficient (Wildman–Crippen LogP) is 0.304. The standard InChI is InChI=1S/C8H7N5O/c1-2-4(14)7-12-6(9)5-8(13-7)11-3-10-5/h2-3H,1H2,(H3,9,10,11,12,13). The summed E-state index contributed by atoms with van der Waals surface area (Å²) >= 11 is 0. The molecule has 0 spiro atoms. The smallest absolute Gasteiger partial charge is 0.222 e. The molecule has 0 aliphatic carbocycles. The van der Waals surface area contributed by atoms with Crippen molar-refractivity contribution in [2.75, 3.05) is 5.73 Å². The SMILES string of the molecule is C=CC(=O)c1nc(N)c2nc[nH]c2n1. The lowest BCUT2D eigenvalue weighted by atomic mass is 10.3. The second-order valence-corrected chi connectivity index (χ2v) is 2.60. The highest BCUT2D eigenvalue weighted by Gasteiger charge is 2.10. The Bertz CT molecular complexity index is 515. The monoisotopic (exact) mass is 189 g/mol. The Morgan fingerprint density at radius 3 is 3.07 bits per heavy atom. The highest BCUT2D eigenvalue weighted by molar-refractivity contribution is 6.02. The van der Waals surface area contributed by atoms with Gasteiger partial charge in [0, 0.05) is 0 Å². The average molecular weight is 189 g/mol. The van der Waals surface area contributed by atoms with E-state index < -0.39 is 0 Å². The first kappa shape index (κ1) is 8.36. The zero-order chi connectivity index (χ0) is 10.1. The van der Waals surface area contributed by atoms with Gasteiger partial charge in [-0.3, -0.25) is 4.79 Å². The van der Waals surface area contributed by atoms with E-state index in [2.05, 4.69) is 26.5 Å². The molecule has 0 aromatic carbocycles. The Kier molecular flexibility index (Phi) is 1.74. The van der Waals surface area contributed by atoms with Crippen LogP contribution in [0.1, 0.15) is 10.6 Å². The molecule has 0 saturated carbocycles. The number of allylic oxidation sites excluding steroid dienone is 1. The van der Waals surface area contributed by atoms with Crippen molar-refractivity contribution in [3.63, 3.8) is 0 Å². The number of anilines is 1. The largest absolute Gasteiger partial charge is 0.382 e. The summed E-state index contributed by atoms with van der Waals surface area (Å²) in [4.78, 5) is 25.6. The summed E-state index contributed by atoms with van der Waals surface area (Å²) in [6.45, 7) is 3.34. The molecule has 14 heavy (non-hydrogen) atoms. The molecular formula is C8H7N5O. The molecule has 3 N–H and O–H groups in total. The fourth-order valence-corrected chi connectivity index (χ4v) is 1.06. The molecule has 0 radical (unpaired) electrons. The Labute approximate surface area is 78.9 Å². The number of hydrogen-bond donors (Lipinski definition) is 2. The Hall–Kier alpha value is -2.24. The van der Waals surface area contributed by atoms with Crippen molar-refractivity contribution in [1.82, 2.24) is 19.9 Å². The third kappa shape index (κ3) is 1.13. The van der Waals surface area contributed by atoms with Crippen molar-refractivity contribution in [2.24, 2.45) is 0 Å². The van der Waals surface area contributed by atoms with Crippen LogP contribution in [0, 0.1) is 0 Å². The number of nitrogens with one attached hydrogen (secondary N) is 1. The van der Waals surface area contributed by atoms with Gasteiger partial charge in [-0.2, -0.15) is 0 Å². The van der Waals surface area contributed by atoms with Crippen LogP contribution in [0.2, 0.25) is 0 Å². The number of H-pyrrole nitrogens is 1. The molecule has 6 nitrogen and oxygen atoms in total. The van der Waals surface area contributed by atoms with Gasteiger partial charge in [-0.25, -0.2) is 15.0 Å². The Balaban J connectivity index is 2.69. The van der Waals surface area contributed by atoms with E-state index in [1.54, 1.807) is 0 Å². The van der Waals surface area contributed by atoms with Gasteiger partial charge < -0.3 is 10.7 Å². The normalized spacial score (nSPS) is 10.3. The molecule has 2 rings (SSSR count). The number of carbonyl (C=O) groups is 1. The van der Waals surface area contributed by atoms with Gasteiger partial charge in [-0.15, -0.1) is 0 Å². The molecule has 0 aliphatic rings. The summed E-state index contributed by atoms with van der Waals surface area (Å²) in [7, 11) is 0. The van der Waals surface area contributed by atoms with Gasteiger partial charge in [-0.05, 0) is 6.08 Å². The van der Waals surface area contributed by atoms with E-state index in [1.807, 2.05) is 0 Å². The van der Waals surface area contributed by atoms with Crippen LogP contribution < -0.4 is 5.73 Å². The summed E-state index contributed by atoms with van der Waals surface area (Å²) in [6, 6.07) is 0. The van der Waals surface area contributed by atoms with Crippen molar-refractivity contribution >= 4 is 22.8 Å². The van der Waals surface area contributed by atoms with Gasteiger partial charge in [0.05, 0.1) is 6.33 Å². The molecule has 0 aliphatic heterocycles. The minimum absolute atomic E-state index is 0.0225. The van der Waals surface area contributed by atoms with Crippen molar-refractivity contribution in [2.45, 2.75) is 0 Å². The minimum atomic E-state index is -0.367. The summed E-state index contributed by atoms with van der Waals surface area (Å²) in [6.07, 6.45) is 2.58. The third-order valence-electron chi connectivity index (χ3n) is 1.71. The van der Waals surface area contributed by atoms with Gasteiger partial charge in [0.25, 0.3) is 0 Å². The number of aromatic amines is 1. The van der Waals surface area contributed by atoms with Gasteiger partial charge >= 0.3 is 0 Å². The molecule has 0 saturated heterocycles. The van der Waals surface area contributed by atoms with Crippen LogP contribution in [0.4, 0.5) is 5.82 Å². The number of aromatic nitrogens is 4. The second kappa shape index (κ2) is 2.91. The van der Waals surface area contributed by atoms with Crippen LogP contribution in [-0.2, 0) is 0 Å². The second-order valence-electron chi connectivity index (χ2n) is 2.60. The first-order valence-corrected chi connectivity index (χ1v) is 3.85. The summed E-state index contributed by atoms with van der Waals surface area (Å²) in [5, 5.41) is 0. The van der Waals surface area contributed by atoms with E-state index >= 15 is 0 Å². The topological polar surface area (TPSA) is 97.5 Å². The van der Waals surface area contributed by atoms with Gasteiger partial charge in [0.2, 0.25) is 11.6 Å². The molecule has 2 aromatic heterocycles. The van der Waals surface area contributed by atoms with Crippen LogP contribution in [0.5, 0.6) is 0 Å². The molecule has 0 fully saturated rings. The summed E-state index contributed by atoms with van der Waals surface area (Å²) in [5.41, 5.74) is 6.48. The van der Waals surface area contributed by atoms with Gasteiger partial charge in [-0.1, -0.05) is 6.58 Å². The van der Waals surface area contributed by atoms with Crippen LogP contribution in [0.25, 0.3) is 11.2 Å². The molecule has 0 unspecified atom stereocenters. The zero-order valence-electron chi connectivity index (χ0n) is 7.19. The lowest BCUT2D eigenvalue weighted by Gasteiger charge is -1.96. The zero-order valence-corrected chi connectivity index (χ0v) is 7.19. The average Bonchev–Trinajstić information content (AvgIpc) is 2.64. The molecule has 0 bridgehead atoms. The van der Waals surface area contributed by atoms with E-state index in [0.717, 1.165) is 6.08 Å². The van der Waals surface area contributed by atoms with Crippen LogP contribution in [0.3, 0.4) is 0 Å². The third-order valence-corrected chi connectivity index (χ3v) is 1.71. The molecule has 2 aromatic rings. The highest BCUT2D eigenvalue weighted by atomic mass is 16.1. The maximum absolute atomic E-state index is 11.2. The Morgan fingerprint density at radius 2 is 2.36 bits per heavy atom. The van der Waals surface area contributed by atoms with Crippen molar-refractivity contribution in [3.05, 3.63) is 24.8 Å². The number of carbonyl (C=O) groups excluding carboxylic acids is 1. The number of fused-ring (bicyclic) bond motifs is 1. The van der Waals surface area contributed by atoms with Crippen molar-refractivity contribution in [1.29, 1.82) is 0 Å². The lowest BCUT2D eigenvalue weighted by molar-refractivity contribution is 0.103. The molecular weight excluding hydrogens is 182 g/mol. The van der Waals surface area contributed by atoms with Crippen LogP contribution in [0.15, 0.2) is 19.0 Å². The number of imidazole rings is 1. The van der Waals surface area contributed by atoms with E-state index in [-0.39, 0.29) is 17.4 Å². The highest BCUT2D eigenvalue weighted by Crippen LogP contribution is 2.12. The van der Waals surface area contributed by atoms with Crippen LogP contribution in [-0.4, -0.2) is 25.7 Å². The quantitative estimate of drug-likeness (QED) is 0.523. The number of nitrogens with zero attached hydrogens (tertiary/aromatic N) is 3. The summed E-state index contributed by atoms with van der Waals surface area (Å²) in [5.74, 6) is -0.163. The maximum Gasteiger partial charge on any atom is 0.222 e. The van der Waals surface area contributed by atoms with E-state index in [4.69, 9.17) is 5.73 Å². The lowest BCUT2D eigenvalue weighted by Crippen LogP contribution is -2.05. The first-order chi connectivity index (χ1) is 6.72. The molecule has 0 atom stereocenters. The fraction of sp³-hybridized carbons (Fsp3) is 0. The minimum Gasteiger partial charge on any atom is -0.382 e. The summed E-state index contributed by atoms with van der Waals surface area (Å²) < 4.78 is 0. The number of ketones is 1. The van der Waals surface area contributed by atoms with E-state index in [9.17, 15) is 4.79 Å². The van der Waals surface area contributed by atoms with Crippen molar-refractivity contribution in [3.8, 4) is 0 Å². The van der Waals surface area contributed by atoms with Crippen molar-refractivity contribution < 1.29 is 4.79 Å². The number of nitrogens with two attached hydrogens (primary N) is 1. The predicted molar refractivity (Wildman–Crippen MR) is 50.6 cm³/mol. The van der Waals surface area contributed by atoms with E-state index in [0.29, 0.717) is 11.2 Å². The van der Waals surface area contributed by atoms with Crippen LogP contribution >= 0.6 is 0 Å². The molecule has 70 valence electrons. The number of nitrogen functional groups attached to an aromatic ring is 1. The number of rotatable bonds is 2.